The second-order valence-electron chi connectivity index (χ2n) is 1.87. The molecule has 0 saturated heterocycles. The van der Waals surface area contributed by atoms with Gasteiger partial charge in [0.2, 0.25) is 0 Å². The zero-order chi connectivity index (χ0) is 8.43. The van der Waals surface area contributed by atoms with Crippen LogP contribution in [0.1, 0.15) is 4.88 Å². The molecule has 0 unspecified atom stereocenters. The molecular weight excluding hydrogens is 168 g/mol. The molecule has 0 amide bonds. The Balaban J connectivity index is 2.85. The highest BCUT2D eigenvalue weighted by atomic mass is 32.1. The highest BCUT2D eigenvalue weighted by Crippen LogP contribution is 2.32. The second-order valence-corrected chi connectivity index (χ2v) is 3.11. The van der Waals surface area contributed by atoms with Crippen molar-refractivity contribution in [3.8, 4) is 10.8 Å². The Morgan fingerprint density at radius 1 is 1.73 bits per heavy atom. The first-order valence-corrected chi connectivity index (χ1v) is 3.61. The van der Waals surface area contributed by atoms with Crippen LogP contribution in [0.25, 0.3) is 0 Å². The average Bonchev–Trinajstić information content (AvgIpc) is 2.09. The summed E-state index contributed by atoms with van der Waals surface area (Å²) in [6, 6.07) is 1.27. The van der Waals surface area contributed by atoms with Gasteiger partial charge in [-0.3, -0.25) is 0 Å². The summed E-state index contributed by atoms with van der Waals surface area (Å²) in [5, 5.41) is 17.1. The van der Waals surface area contributed by atoms with E-state index in [9.17, 15) is 4.79 Å². The zero-order valence-corrected chi connectivity index (χ0v) is 6.51. The Morgan fingerprint density at radius 2 is 2.36 bits per heavy atom. The van der Waals surface area contributed by atoms with Gasteiger partial charge in [0.1, 0.15) is 0 Å². The molecule has 2 N–H and O–H groups in total. The lowest BCUT2D eigenvalue weighted by atomic mass is 10.5. The first-order chi connectivity index (χ1) is 5.09. The molecule has 0 aliphatic heterocycles. The van der Waals surface area contributed by atoms with Gasteiger partial charge >= 0.3 is 6.16 Å². The van der Waals surface area contributed by atoms with Crippen LogP contribution in [0.4, 0.5) is 4.79 Å². The van der Waals surface area contributed by atoms with Crippen LogP contribution in [0.5, 0.6) is 10.8 Å². The van der Waals surface area contributed by atoms with Gasteiger partial charge in [0.25, 0.3) is 0 Å². The summed E-state index contributed by atoms with van der Waals surface area (Å²) in [6.45, 7) is 1.67. The molecule has 1 aromatic heterocycles. The minimum Gasteiger partial charge on any atom is -0.499 e. The molecule has 60 valence electrons. The van der Waals surface area contributed by atoms with Crippen molar-refractivity contribution in [2.24, 2.45) is 0 Å². The van der Waals surface area contributed by atoms with Crippen molar-refractivity contribution in [3.05, 3.63) is 10.9 Å². The lowest BCUT2D eigenvalue weighted by Gasteiger charge is -1.94. The van der Waals surface area contributed by atoms with Crippen LogP contribution in [-0.2, 0) is 0 Å². The SMILES string of the molecule is Cc1sc(O)cc1OC(=O)O. The lowest BCUT2D eigenvalue weighted by Crippen LogP contribution is -2.02. The lowest BCUT2D eigenvalue weighted by molar-refractivity contribution is 0.144. The maximum atomic E-state index is 10.0. The van der Waals surface area contributed by atoms with Gasteiger partial charge in [-0.1, -0.05) is 0 Å². The molecule has 0 radical (unpaired) electrons. The number of thiophene rings is 1. The van der Waals surface area contributed by atoms with Crippen LogP contribution in [0.15, 0.2) is 6.07 Å². The number of aryl methyl sites for hydroxylation is 1. The van der Waals surface area contributed by atoms with Gasteiger partial charge in [0, 0.05) is 10.9 Å². The average molecular weight is 174 g/mol. The first-order valence-electron chi connectivity index (χ1n) is 2.80. The third kappa shape index (κ3) is 1.84. The van der Waals surface area contributed by atoms with Crippen molar-refractivity contribution in [1.82, 2.24) is 0 Å². The normalized spacial score (nSPS) is 9.55. The van der Waals surface area contributed by atoms with Crippen molar-refractivity contribution in [1.29, 1.82) is 0 Å². The Morgan fingerprint density at radius 3 is 2.73 bits per heavy atom. The molecule has 1 heterocycles. The third-order valence-electron chi connectivity index (χ3n) is 1.06. The molecule has 1 rings (SSSR count). The standard InChI is InChI=1S/C6H6O4S/c1-3-4(10-6(8)9)2-5(7)11-3/h2,7H,1H3,(H,8,9). The molecule has 1 aromatic rings. The minimum atomic E-state index is -1.37. The van der Waals surface area contributed by atoms with Crippen molar-refractivity contribution >= 4 is 17.5 Å². The van der Waals surface area contributed by atoms with E-state index in [0.717, 1.165) is 11.3 Å². The number of hydrogen-bond acceptors (Lipinski definition) is 4. The van der Waals surface area contributed by atoms with Gasteiger partial charge in [-0.05, 0) is 6.92 Å². The third-order valence-corrected chi connectivity index (χ3v) is 1.89. The fourth-order valence-corrected chi connectivity index (χ4v) is 1.33. The van der Waals surface area contributed by atoms with E-state index in [1.54, 1.807) is 6.92 Å². The van der Waals surface area contributed by atoms with Crippen molar-refractivity contribution < 1.29 is 19.7 Å². The van der Waals surface area contributed by atoms with Crippen molar-refractivity contribution in [2.45, 2.75) is 6.92 Å². The number of rotatable bonds is 1. The number of hydrogen-bond donors (Lipinski definition) is 2. The molecule has 0 aliphatic rings. The van der Waals surface area contributed by atoms with E-state index in [4.69, 9.17) is 10.2 Å². The second kappa shape index (κ2) is 2.79. The number of aromatic hydroxyl groups is 1. The molecule has 5 heteroatoms. The Kier molecular flexibility index (Phi) is 2.00. The van der Waals surface area contributed by atoms with Crippen LogP contribution in [0.2, 0.25) is 0 Å². The van der Waals surface area contributed by atoms with E-state index in [2.05, 4.69) is 4.74 Å². The summed E-state index contributed by atoms with van der Waals surface area (Å²) in [6.07, 6.45) is -1.37. The Labute approximate surface area is 66.7 Å². The molecule has 0 atom stereocenters. The molecule has 0 aromatic carbocycles. The molecule has 11 heavy (non-hydrogen) atoms. The molecule has 0 spiro atoms. The smallest absolute Gasteiger partial charge is 0.499 e. The predicted octanol–water partition coefficient (Wildman–Crippen LogP) is 1.82. The summed E-state index contributed by atoms with van der Waals surface area (Å²) in [5.41, 5.74) is 0. The quantitative estimate of drug-likeness (QED) is 0.637. The summed E-state index contributed by atoms with van der Waals surface area (Å²) in [7, 11) is 0. The van der Waals surface area contributed by atoms with Gasteiger partial charge in [-0.2, -0.15) is 0 Å². The van der Waals surface area contributed by atoms with E-state index in [1.165, 1.54) is 6.07 Å². The molecular formula is C6H6O4S. The molecule has 4 nitrogen and oxygen atoms in total. The highest BCUT2D eigenvalue weighted by molar-refractivity contribution is 7.14. The van der Waals surface area contributed by atoms with Crippen LogP contribution in [0, 0.1) is 6.92 Å². The monoisotopic (exact) mass is 174 g/mol. The van der Waals surface area contributed by atoms with Crippen LogP contribution >= 0.6 is 11.3 Å². The highest BCUT2D eigenvalue weighted by Gasteiger charge is 2.08. The van der Waals surface area contributed by atoms with E-state index in [-0.39, 0.29) is 10.8 Å². The van der Waals surface area contributed by atoms with Crippen LogP contribution in [-0.4, -0.2) is 16.4 Å². The summed E-state index contributed by atoms with van der Waals surface area (Å²) < 4.78 is 4.33. The maximum absolute atomic E-state index is 10.0. The van der Waals surface area contributed by atoms with E-state index >= 15 is 0 Å². The van der Waals surface area contributed by atoms with E-state index in [1.807, 2.05) is 0 Å². The van der Waals surface area contributed by atoms with Gasteiger partial charge in [0.15, 0.2) is 10.8 Å². The molecule has 0 saturated carbocycles. The summed E-state index contributed by atoms with van der Waals surface area (Å²) in [4.78, 5) is 10.7. The molecule has 0 fully saturated rings. The minimum absolute atomic E-state index is 0.0544. The van der Waals surface area contributed by atoms with Crippen LogP contribution < -0.4 is 4.74 Å². The van der Waals surface area contributed by atoms with Crippen molar-refractivity contribution in [3.63, 3.8) is 0 Å². The topological polar surface area (TPSA) is 66.8 Å². The Hall–Kier alpha value is -1.23. The largest absolute Gasteiger partial charge is 0.511 e. The number of ether oxygens (including phenoxy) is 1. The zero-order valence-electron chi connectivity index (χ0n) is 5.70. The fraction of sp³-hybridized carbons (Fsp3) is 0.167. The van der Waals surface area contributed by atoms with Crippen molar-refractivity contribution in [2.75, 3.05) is 0 Å². The summed E-state index contributed by atoms with van der Waals surface area (Å²) >= 11 is 1.08. The summed E-state index contributed by atoms with van der Waals surface area (Å²) in [5.74, 6) is 0.194. The van der Waals surface area contributed by atoms with Gasteiger partial charge in [-0.15, -0.1) is 11.3 Å². The van der Waals surface area contributed by atoms with Crippen LogP contribution in [0.3, 0.4) is 0 Å². The molecule has 0 aliphatic carbocycles. The first kappa shape index (κ1) is 7.87. The maximum Gasteiger partial charge on any atom is 0.511 e. The van der Waals surface area contributed by atoms with Gasteiger partial charge in [-0.25, -0.2) is 4.79 Å². The Bertz CT molecular complexity index is 278. The van der Waals surface area contributed by atoms with Gasteiger partial charge in [0.05, 0.1) is 0 Å². The number of carboxylic acid groups (broad SMARTS) is 1. The number of carbonyl (C=O) groups is 1. The van der Waals surface area contributed by atoms with E-state index in [0.29, 0.717) is 4.88 Å². The predicted molar refractivity (Wildman–Crippen MR) is 39.4 cm³/mol. The van der Waals surface area contributed by atoms with E-state index < -0.39 is 6.16 Å². The van der Waals surface area contributed by atoms with Gasteiger partial charge < -0.3 is 14.9 Å². The fourth-order valence-electron chi connectivity index (χ4n) is 0.646. The molecule has 0 bridgehead atoms.